The number of benzene rings is 1. The molecule has 0 aliphatic heterocycles. The molecule has 0 unspecified atom stereocenters. The van der Waals surface area contributed by atoms with E-state index in [9.17, 15) is 14.4 Å². The first-order valence-electron chi connectivity index (χ1n) is 10.2. The maximum atomic E-state index is 13.2. The minimum Gasteiger partial charge on any atom is -0.465 e. The summed E-state index contributed by atoms with van der Waals surface area (Å²) in [5.41, 5.74) is 3.07. The average Bonchev–Trinajstić information content (AvgIpc) is 3.13. The predicted molar refractivity (Wildman–Crippen MR) is 126 cm³/mol. The van der Waals surface area contributed by atoms with E-state index in [4.69, 9.17) is 4.74 Å². The van der Waals surface area contributed by atoms with Crippen molar-refractivity contribution in [2.24, 2.45) is 0 Å². The molecule has 0 saturated carbocycles. The number of esters is 1. The molecule has 0 amide bonds. The number of hydrogen-bond donors (Lipinski definition) is 1. The number of nitrogens with one attached hydrogen (secondary N) is 1. The van der Waals surface area contributed by atoms with E-state index in [1.807, 2.05) is 12.1 Å². The zero-order valence-corrected chi connectivity index (χ0v) is 19.2. The van der Waals surface area contributed by atoms with Gasteiger partial charge < -0.3 is 9.72 Å². The van der Waals surface area contributed by atoms with Crippen LogP contribution in [0.25, 0.3) is 10.9 Å². The van der Waals surface area contributed by atoms with E-state index in [2.05, 4.69) is 15.0 Å². The Bertz CT molecular complexity index is 1410. The number of para-hydroxylation sites is 1. The zero-order chi connectivity index (χ0) is 23.5. The van der Waals surface area contributed by atoms with E-state index in [0.717, 1.165) is 5.56 Å². The Labute approximate surface area is 194 Å². The third kappa shape index (κ3) is 4.45. The van der Waals surface area contributed by atoms with Crippen LogP contribution in [0.15, 0.2) is 58.7 Å². The van der Waals surface area contributed by atoms with Gasteiger partial charge in [-0.05, 0) is 43.2 Å². The summed E-state index contributed by atoms with van der Waals surface area (Å²) >= 11 is 1.18. The summed E-state index contributed by atoms with van der Waals surface area (Å²) in [5.74, 6) is -0.653. The van der Waals surface area contributed by atoms with E-state index in [1.165, 1.54) is 18.9 Å². The third-order valence-electron chi connectivity index (χ3n) is 5.33. The van der Waals surface area contributed by atoms with Gasteiger partial charge in [-0.3, -0.25) is 19.1 Å². The molecule has 3 aromatic heterocycles. The first-order valence-corrected chi connectivity index (χ1v) is 11.2. The minimum atomic E-state index is -0.491. The second-order valence-electron chi connectivity index (χ2n) is 7.49. The first-order chi connectivity index (χ1) is 15.9. The molecule has 9 heteroatoms. The SMILES string of the molecule is COC(=O)c1c(C)[nH]c(C(=O)CSc2nc3ccccc3c(=O)n2Cc2cccnc2)c1C. The van der Waals surface area contributed by atoms with Crippen molar-refractivity contribution < 1.29 is 14.3 Å². The lowest BCUT2D eigenvalue weighted by Gasteiger charge is -2.13. The number of carbonyl (C=O) groups excluding carboxylic acids is 2. The highest BCUT2D eigenvalue weighted by Crippen LogP contribution is 2.23. The van der Waals surface area contributed by atoms with Crippen LogP contribution >= 0.6 is 11.8 Å². The van der Waals surface area contributed by atoms with Gasteiger partial charge in [-0.2, -0.15) is 0 Å². The van der Waals surface area contributed by atoms with Crippen LogP contribution in [0, 0.1) is 13.8 Å². The van der Waals surface area contributed by atoms with Gasteiger partial charge in [-0.1, -0.05) is 30.0 Å². The van der Waals surface area contributed by atoms with Gasteiger partial charge in [0.15, 0.2) is 10.9 Å². The smallest absolute Gasteiger partial charge is 0.339 e. The normalized spacial score (nSPS) is 11.0. The number of nitrogens with zero attached hydrogens (tertiary/aromatic N) is 3. The number of Topliss-reactive ketones (excluding diaryl/α,β-unsaturated/α-hetero) is 1. The van der Waals surface area contributed by atoms with Crippen molar-refractivity contribution in [2.45, 2.75) is 25.5 Å². The highest BCUT2D eigenvalue weighted by molar-refractivity contribution is 7.99. The van der Waals surface area contributed by atoms with Crippen molar-refractivity contribution in [1.82, 2.24) is 19.5 Å². The summed E-state index contributed by atoms with van der Waals surface area (Å²) in [6.07, 6.45) is 3.36. The van der Waals surface area contributed by atoms with Crippen LogP contribution in [-0.2, 0) is 11.3 Å². The number of aromatic amines is 1. The number of pyridine rings is 1. The molecular weight excluding hydrogens is 440 g/mol. The summed E-state index contributed by atoms with van der Waals surface area (Å²) in [4.78, 5) is 50.0. The molecule has 8 nitrogen and oxygen atoms in total. The summed E-state index contributed by atoms with van der Waals surface area (Å²) < 4.78 is 6.38. The summed E-state index contributed by atoms with van der Waals surface area (Å²) in [6.45, 7) is 3.72. The minimum absolute atomic E-state index is 0.0409. The lowest BCUT2D eigenvalue weighted by Crippen LogP contribution is -2.24. The van der Waals surface area contributed by atoms with Crippen LogP contribution < -0.4 is 5.56 Å². The van der Waals surface area contributed by atoms with Gasteiger partial charge >= 0.3 is 5.97 Å². The van der Waals surface area contributed by atoms with Crippen LogP contribution in [0.1, 0.15) is 37.7 Å². The number of ether oxygens (including phenoxy) is 1. The van der Waals surface area contributed by atoms with Crippen LogP contribution in [-0.4, -0.2) is 44.1 Å². The molecule has 4 aromatic rings. The van der Waals surface area contributed by atoms with Crippen molar-refractivity contribution >= 4 is 34.4 Å². The number of carbonyl (C=O) groups is 2. The Morgan fingerprint density at radius 2 is 1.94 bits per heavy atom. The van der Waals surface area contributed by atoms with Gasteiger partial charge in [0.25, 0.3) is 5.56 Å². The molecule has 0 fully saturated rings. The lowest BCUT2D eigenvalue weighted by molar-refractivity contribution is 0.0599. The molecule has 0 bridgehead atoms. The molecular formula is C24H22N4O4S. The summed E-state index contributed by atoms with van der Waals surface area (Å²) in [6, 6.07) is 10.8. The number of aryl methyl sites for hydroxylation is 1. The maximum Gasteiger partial charge on any atom is 0.339 e. The van der Waals surface area contributed by atoms with Crippen molar-refractivity contribution in [2.75, 3.05) is 12.9 Å². The number of aromatic nitrogens is 4. The Hall–Kier alpha value is -3.72. The van der Waals surface area contributed by atoms with Crippen LogP contribution in [0.4, 0.5) is 0 Å². The molecule has 0 radical (unpaired) electrons. The van der Waals surface area contributed by atoms with E-state index in [1.54, 1.807) is 55.1 Å². The quantitative estimate of drug-likeness (QED) is 0.194. The fourth-order valence-corrected chi connectivity index (χ4v) is 4.58. The standard InChI is InChI=1S/C24H22N4O4S/c1-14-20(23(31)32-3)15(2)26-21(14)19(29)13-33-24-27-18-9-5-4-8-17(18)22(30)28(24)12-16-7-6-10-25-11-16/h4-11,26H,12-13H2,1-3H3. The highest BCUT2D eigenvalue weighted by atomic mass is 32.2. The van der Waals surface area contributed by atoms with Crippen molar-refractivity contribution in [3.63, 3.8) is 0 Å². The molecule has 0 aliphatic rings. The van der Waals surface area contributed by atoms with Gasteiger partial charge in [-0.15, -0.1) is 0 Å². The van der Waals surface area contributed by atoms with E-state index >= 15 is 0 Å². The fraction of sp³-hybridized carbons (Fsp3) is 0.208. The molecule has 1 N–H and O–H groups in total. The van der Waals surface area contributed by atoms with Gasteiger partial charge in [0.2, 0.25) is 0 Å². The second kappa shape index (κ2) is 9.41. The first kappa shape index (κ1) is 22.5. The largest absolute Gasteiger partial charge is 0.465 e. The predicted octanol–water partition coefficient (Wildman–Crippen LogP) is 3.55. The number of thioether (sulfide) groups is 1. The van der Waals surface area contributed by atoms with Crippen LogP contribution in [0.2, 0.25) is 0 Å². The Balaban J connectivity index is 1.67. The second-order valence-corrected chi connectivity index (χ2v) is 8.44. The van der Waals surface area contributed by atoms with Crippen LogP contribution in [0.5, 0.6) is 0 Å². The van der Waals surface area contributed by atoms with Gasteiger partial charge in [-0.25, -0.2) is 9.78 Å². The Kier molecular flexibility index (Phi) is 6.41. The van der Waals surface area contributed by atoms with Crippen molar-refractivity contribution in [3.8, 4) is 0 Å². The third-order valence-corrected chi connectivity index (χ3v) is 6.30. The molecule has 0 spiro atoms. The molecule has 0 atom stereocenters. The number of ketones is 1. The number of methoxy groups -OCH3 is 1. The summed E-state index contributed by atoms with van der Waals surface area (Å²) in [5, 5.41) is 0.945. The van der Waals surface area contributed by atoms with Gasteiger partial charge in [0.1, 0.15) is 0 Å². The Morgan fingerprint density at radius 1 is 1.15 bits per heavy atom. The van der Waals surface area contributed by atoms with Crippen LogP contribution in [0.3, 0.4) is 0 Å². The average molecular weight is 463 g/mol. The monoisotopic (exact) mass is 462 g/mol. The molecule has 33 heavy (non-hydrogen) atoms. The van der Waals surface area contributed by atoms with Gasteiger partial charge in [0.05, 0.1) is 41.6 Å². The molecule has 0 aliphatic carbocycles. The van der Waals surface area contributed by atoms with Gasteiger partial charge in [0, 0.05) is 18.1 Å². The van der Waals surface area contributed by atoms with E-state index in [0.29, 0.717) is 38.6 Å². The molecule has 168 valence electrons. The number of fused-ring (bicyclic) bond motifs is 1. The summed E-state index contributed by atoms with van der Waals surface area (Å²) in [7, 11) is 1.30. The van der Waals surface area contributed by atoms with Crippen molar-refractivity contribution in [1.29, 1.82) is 0 Å². The maximum absolute atomic E-state index is 13.2. The fourth-order valence-electron chi connectivity index (χ4n) is 3.71. The molecule has 3 heterocycles. The van der Waals surface area contributed by atoms with Crippen molar-refractivity contribution in [3.05, 3.63) is 87.2 Å². The highest BCUT2D eigenvalue weighted by Gasteiger charge is 2.23. The lowest BCUT2D eigenvalue weighted by atomic mass is 10.1. The molecule has 0 saturated heterocycles. The molecule has 4 rings (SSSR count). The number of rotatable bonds is 7. The zero-order valence-electron chi connectivity index (χ0n) is 18.4. The van der Waals surface area contributed by atoms with E-state index in [-0.39, 0.29) is 23.6 Å². The number of H-pyrrole nitrogens is 1. The number of hydrogen-bond acceptors (Lipinski definition) is 7. The molecule has 1 aromatic carbocycles. The topological polar surface area (TPSA) is 107 Å². The Morgan fingerprint density at radius 3 is 2.67 bits per heavy atom. The van der Waals surface area contributed by atoms with E-state index < -0.39 is 5.97 Å².